The van der Waals surface area contributed by atoms with E-state index in [1.807, 2.05) is 6.92 Å². The zero-order chi connectivity index (χ0) is 9.07. The first-order valence-electron chi connectivity index (χ1n) is 3.75. The minimum absolute atomic E-state index is 0.145. The lowest BCUT2D eigenvalue weighted by molar-refractivity contribution is -0.131. The van der Waals surface area contributed by atoms with Crippen LogP contribution in [0.1, 0.15) is 27.7 Å². The number of allylic oxidation sites excluding steroid dienone is 1. The van der Waals surface area contributed by atoms with Gasteiger partial charge in [0, 0.05) is 6.08 Å². The highest BCUT2D eigenvalue weighted by molar-refractivity contribution is 5.79. The van der Waals surface area contributed by atoms with Gasteiger partial charge in [-0.1, -0.05) is 33.8 Å². The van der Waals surface area contributed by atoms with Crippen molar-refractivity contribution in [2.24, 2.45) is 11.3 Å². The number of carboxylic acids is 1. The molecule has 0 aliphatic heterocycles. The van der Waals surface area contributed by atoms with Crippen LogP contribution in [0.3, 0.4) is 0 Å². The molecule has 0 aromatic heterocycles. The van der Waals surface area contributed by atoms with Crippen molar-refractivity contribution in [1.82, 2.24) is 0 Å². The van der Waals surface area contributed by atoms with Gasteiger partial charge in [-0.15, -0.1) is 0 Å². The predicted octanol–water partition coefficient (Wildman–Crippen LogP) is 2.31. The van der Waals surface area contributed by atoms with E-state index in [1.165, 1.54) is 6.08 Å². The standard InChI is InChI=1S/C9H16O2/c1-7(9(2,3)4)5-6-8(10)11/h5-7H,1-4H3,(H,10,11)/b6-5+. The summed E-state index contributed by atoms with van der Waals surface area (Å²) in [6.07, 6.45) is 2.93. The first kappa shape index (κ1) is 10.2. The van der Waals surface area contributed by atoms with Gasteiger partial charge in [-0.05, 0) is 11.3 Å². The third-order valence-electron chi connectivity index (χ3n) is 1.89. The maximum Gasteiger partial charge on any atom is 0.327 e. The normalized spacial score (nSPS) is 15.3. The Morgan fingerprint density at radius 1 is 1.45 bits per heavy atom. The molecule has 0 fully saturated rings. The summed E-state index contributed by atoms with van der Waals surface area (Å²) in [6, 6.07) is 0. The molecular formula is C9H16O2. The van der Waals surface area contributed by atoms with Crippen LogP contribution in [0.4, 0.5) is 0 Å². The van der Waals surface area contributed by atoms with Crippen LogP contribution < -0.4 is 0 Å². The quantitative estimate of drug-likeness (QED) is 0.623. The fourth-order valence-corrected chi connectivity index (χ4v) is 0.515. The zero-order valence-electron chi connectivity index (χ0n) is 7.59. The number of hydrogen-bond acceptors (Lipinski definition) is 1. The Hall–Kier alpha value is -0.790. The van der Waals surface area contributed by atoms with Crippen molar-refractivity contribution in [3.05, 3.63) is 12.2 Å². The van der Waals surface area contributed by atoms with Crippen molar-refractivity contribution in [3.8, 4) is 0 Å². The van der Waals surface area contributed by atoms with E-state index in [0.29, 0.717) is 5.92 Å². The Bertz CT molecular complexity index is 163. The van der Waals surface area contributed by atoms with Crippen LogP contribution in [0.25, 0.3) is 0 Å². The van der Waals surface area contributed by atoms with Crippen LogP contribution in [0.15, 0.2) is 12.2 Å². The summed E-state index contributed by atoms with van der Waals surface area (Å²) < 4.78 is 0. The third kappa shape index (κ3) is 4.59. The second-order valence-corrected chi connectivity index (χ2v) is 3.85. The summed E-state index contributed by atoms with van der Waals surface area (Å²) >= 11 is 0. The molecule has 0 amide bonds. The Balaban J connectivity index is 4.07. The fraction of sp³-hybridized carbons (Fsp3) is 0.667. The van der Waals surface area contributed by atoms with E-state index >= 15 is 0 Å². The highest BCUT2D eigenvalue weighted by Crippen LogP contribution is 2.25. The predicted molar refractivity (Wildman–Crippen MR) is 45.4 cm³/mol. The summed E-state index contributed by atoms with van der Waals surface area (Å²) in [5.74, 6) is -0.584. The largest absolute Gasteiger partial charge is 0.478 e. The van der Waals surface area contributed by atoms with Crippen LogP contribution in [-0.4, -0.2) is 11.1 Å². The molecule has 0 bridgehead atoms. The summed E-state index contributed by atoms with van der Waals surface area (Å²) in [7, 11) is 0. The van der Waals surface area contributed by atoms with Crippen molar-refractivity contribution in [1.29, 1.82) is 0 Å². The minimum atomic E-state index is -0.874. The van der Waals surface area contributed by atoms with Crippen LogP contribution in [0.2, 0.25) is 0 Å². The van der Waals surface area contributed by atoms with Crippen molar-refractivity contribution in [2.45, 2.75) is 27.7 Å². The van der Waals surface area contributed by atoms with Crippen molar-refractivity contribution < 1.29 is 9.90 Å². The lowest BCUT2D eigenvalue weighted by atomic mass is 9.82. The molecular weight excluding hydrogens is 140 g/mol. The van der Waals surface area contributed by atoms with E-state index in [9.17, 15) is 4.79 Å². The van der Waals surface area contributed by atoms with Gasteiger partial charge < -0.3 is 5.11 Å². The number of carboxylic acid groups (broad SMARTS) is 1. The van der Waals surface area contributed by atoms with Gasteiger partial charge in [0.1, 0.15) is 0 Å². The van der Waals surface area contributed by atoms with E-state index in [4.69, 9.17) is 5.11 Å². The molecule has 0 rings (SSSR count). The van der Waals surface area contributed by atoms with E-state index < -0.39 is 5.97 Å². The molecule has 1 atom stereocenters. The number of carbonyl (C=O) groups is 1. The molecule has 0 aliphatic rings. The molecule has 0 saturated heterocycles. The highest BCUT2D eigenvalue weighted by Gasteiger charge is 2.16. The van der Waals surface area contributed by atoms with Gasteiger partial charge in [0.25, 0.3) is 0 Å². The molecule has 1 unspecified atom stereocenters. The summed E-state index contributed by atoms with van der Waals surface area (Å²) in [5.41, 5.74) is 0.145. The molecule has 0 aromatic carbocycles. The Morgan fingerprint density at radius 3 is 2.18 bits per heavy atom. The van der Waals surface area contributed by atoms with Gasteiger partial charge >= 0.3 is 5.97 Å². The van der Waals surface area contributed by atoms with E-state index in [0.717, 1.165) is 0 Å². The summed E-state index contributed by atoms with van der Waals surface area (Å²) in [6.45, 7) is 8.27. The third-order valence-corrected chi connectivity index (χ3v) is 1.89. The molecule has 0 saturated carbocycles. The van der Waals surface area contributed by atoms with Crippen LogP contribution >= 0.6 is 0 Å². The van der Waals surface area contributed by atoms with E-state index in [-0.39, 0.29) is 5.41 Å². The molecule has 2 nitrogen and oxygen atoms in total. The topological polar surface area (TPSA) is 37.3 Å². The fourth-order valence-electron chi connectivity index (χ4n) is 0.515. The second kappa shape index (κ2) is 3.56. The number of aliphatic carboxylic acids is 1. The molecule has 0 aromatic rings. The summed E-state index contributed by atoms with van der Waals surface area (Å²) in [5, 5.41) is 8.34. The SMILES string of the molecule is CC(/C=C/C(=O)O)C(C)(C)C. The van der Waals surface area contributed by atoms with E-state index in [1.54, 1.807) is 6.08 Å². The molecule has 0 heterocycles. The number of rotatable bonds is 2. The van der Waals surface area contributed by atoms with Gasteiger partial charge in [-0.3, -0.25) is 0 Å². The number of hydrogen-bond donors (Lipinski definition) is 1. The molecule has 11 heavy (non-hydrogen) atoms. The first-order chi connectivity index (χ1) is 4.84. The lowest BCUT2D eigenvalue weighted by Crippen LogP contribution is -2.15. The average molecular weight is 156 g/mol. The Kier molecular flexibility index (Phi) is 3.30. The van der Waals surface area contributed by atoms with Crippen LogP contribution in [0, 0.1) is 11.3 Å². The lowest BCUT2D eigenvalue weighted by Gasteiger charge is -2.23. The van der Waals surface area contributed by atoms with Gasteiger partial charge in [-0.25, -0.2) is 4.79 Å². The molecule has 0 spiro atoms. The van der Waals surface area contributed by atoms with Gasteiger partial charge in [-0.2, -0.15) is 0 Å². The van der Waals surface area contributed by atoms with Gasteiger partial charge in [0.15, 0.2) is 0 Å². The molecule has 2 heteroatoms. The molecule has 0 radical (unpaired) electrons. The molecule has 0 aliphatic carbocycles. The summed E-state index contributed by atoms with van der Waals surface area (Å²) in [4.78, 5) is 10.1. The van der Waals surface area contributed by atoms with Gasteiger partial charge in [0.05, 0.1) is 0 Å². The maximum atomic E-state index is 10.1. The molecule has 64 valence electrons. The van der Waals surface area contributed by atoms with E-state index in [2.05, 4.69) is 20.8 Å². The second-order valence-electron chi connectivity index (χ2n) is 3.85. The van der Waals surface area contributed by atoms with Crippen molar-refractivity contribution in [3.63, 3.8) is 0 Å². The Morgan fingerprint density at radius 2 is 1.91 bits per heavy atom. The van der Waals surface area contributed by atoms with Crippen LogP contribution in [-0.2, 0) is 4.79 Å². The highest BCUT2D eigenvalue weighted by atomic mass is 16.4. The zero-order valence-corrected chi connectivity index (χ0v) is 7.59. The smallest absolute Gasteiger partial charge is 0.327 e. The van der Waals surface area contributed by atoms with Crippen LogP contribution in [0.5, 0.6) is 0 Å². The minimum Gasteiger partial charge on any atom is -0.478 e. The molecule has 1 N–H and O–H groups in total. The average Bonchev–Trinajstić information content (AvgIpc) is 1.80. The Labute approximate surface area is 67.9 Å². The maximum absolute atomic E-state index is 10.1. The van der Waals surface area contributed by atoms with Crippen molar-refractivity contribution >= 4 is 5.97 Å². The van der Waals surface area contributed by atoms with Crippen molar-refractivity contribution in [2.75, 3.05) is 0 Å². The van der Waals surface area contributed by atoms with Gasteiger partial charge in [0.2, 0.25) is 0 Å². The first-order valence-corrected chi connectivity index (χ1v) is 3.75. The monoisotopic (exact) mass is 156 g/mol.